The second-order valence-corrected chi connectivity index (χ2v) is 9.63. The van der Waals surface area contributed by atoms with Gasteiger partial charge in [0.2, 0.25) is 0 Å². The molecule has 1 unspecified atom stereocenters. The first kappa shape index (κ1) is 25.1. The second-order valence-electron chi connectivity index (χ2n) is 9.63. The first-order chi connectivity index (χ1) is 14.7. The van der Waals surface area contributed by atoms with E-state index in [2.05, 4.69) is 41.6 Å². The van der Waals surface area contributed by atoms with Crippen LogP contribution in [-0.2, 0) is 11.3 Å². The highest BCUT2D eigenvalue weighted by Gasteiger charge is 2.21. The van der Waals surface area contributed by atoms with Gasteiger partial charge in [-0.25, -0.2) is 4.99 Å². The van der Waals surface area contributed by atoms with Gasteiger partial charge in [0.1, 0.15) is 0 Å². The monoisotopic (exact) mass is 431 g/mol. The first-order valence-corrected chi connectivity index (χ1v) is 11.4. The van der Waals surface area contributed by atoms with Crippen molar-refractivity contribution in [2.45, 2.75) is 59.7 Å². The summed E-state index contributed by atoms with van der Waals surface area (Å²) in [5.41, 5.74) is 1.39. The molecule has 3 N–H and O–H groups in total. The second kappa shape index (κ2) is 12.1. The van der Waals surface area contributed by atoms with Gasteiger partial charge in [-0.05, 0) is 51.3 Å². The van der Waals surface area contributed by atoms with E-state index in [1.54, 1.807) is 0 Å². The number of rotatable bonds is 8. The molecule has 1 saturated heterocycles. The molecule has 0 aromatic heterocycles. The van der Waals surface area contributed by atoms with Gasteiger partial charge in [0.15, 0.2) is 5.96 Å². The molecule has 1 atom stereocenters. The van der Waals surface area contributed by atoms with Crippen molar-refractivity contribution in [3.63, 3.8) is 0 Å². The molecule has 1 aliphatic heterocycles. The Morgan fingerprint density at radius 2 is 2.06 bits per heavy atom. The van der Waals surface area contributed by atoms with Gasteiger partial charge in [0.05, 0.1) is 19.3 Å². The van der Waals surface area contributed by atoms with Crippen molar-refractivity contribution in [2.24, 2.45) is 10.9 Å². The third-order valence-electron chi connectivity index (χ3n) is 4.79. The van der Waals surface area contributed by atoms with Crippen molar-refractivity contribution in [1.29, 1.82) is 0 Å². The van der Waals surface area contributed by atoms with Crippen molar-refractivity contribution in [1.82, 2.24) is 20.9 Å². The van der Waals surface area contributed by atoms with E-state index in [0.717, 1.165) is 44.3 Å². The van der Waals surface area contributed by atoms with Crippen LogP contribution in [0.15, 0.2) is 29.3 Å². The van der Waals surface area contributed by atoms with Crippen molar-refractivity contribution < 1.29 is 9.53 Å². The Balaban J connectivity index is 1.93. The highest BCUT2D eigenvalue weighted by molar-refractivity contribution is 5.94. The summed E-state index contributed by atoms with van der Waals surface area (Å²) < 4.78 is 5.93. The average molecular weight is 432 g/mol. The summed E-state index contributed by atoms with van der Waals surface area (Å²) in [6, 6.07) is 7.64. The first-order valence-electron chi connectivity index (χ1n) is 11.4. The lowest BCUT2D eigenvalue weighted by atomic mass is 10.1. The van der Waals surface area contributed by atoms with E-state index in [0.29, 0.717) is 24.6 Å². The number of nitrogens with one attached hydrogen (secondary N) is 3. The number of morpholine rings is 1. The minimum absolute atomic E-state index is 0.0660. The van der Waals surface area contributed by atoms with Crippen molar-refractivity contribution >= 4 is 11.9 Å². The molecule has 2 rings (SSSR count). The molecule has 0 saturated carbocycles. The molecule has 1 fully saturated rings. The maximum atomic E-state index is 12.4. The van der Waals surface area contributed by atoms with Crippen LogP contribution in [0.5, 0.6) is 0 Å². The minimum atomic E-state index is -0.265. The molecule has 7 heteroatoms. The fraction of sp³-hybridized carbons (Fsp3) is 0.667. The smallest absolute Gasteiger partial charge is 0.251 e. The molecule has 31 heavy (non-hydrogen) atoms. The number of ether oxygens (including phenoxy) is 1. The highest BCUT2D eigenvalue weighted by Crippen LogP contribution is 2.10. The van der Waals surface area contributed by atoms with Gasteiger partial charge in [-0.15, -0.1) is 0 Å². The summed E-state index contributed by atoms with van der Waals surface area (Å²) in [7, 11) is 0. The topological polar surface area (TPSA) is 78.0 Å². The number of hydrogen-bond donors (Lipinski definition) is 3. The number of aliphatic imine (C=N–C) groups is 1. The van der Waals surface area contributed by atoms with E-state index in [9.17, 15) is 4.79 Å². The normalized spacial score (nSPS) is 18.2. The predicted molar refractivity (Wildman–Crippen MR) is 127 cm³/mol. The maximum Gasteiger partial charge on any atom is 0.251 e. The lowest BCUT2D eigenvalue weighted by Gasteiger charge is -2.34. The minimum Gasteiger partial charge on any atom is -0.374 e. The Bertz CT molecular complexity index is 727. The zero-order valence-corrected chi connectivity index (χ0v) is 20.1. The molecular weight excluding hydrogens is 390 g/mol. The van der Waals surface area contributed by atoms with Gasteiger partial charge in [-0.2, -0.15) is 0 Å². The predicted octanol–water partition coefficient (Wildman–Crippen LogP) is 2.63. The third kappa shape index (κ3) is 9.70. The zero-order valence-electron chi connectivity index (χ0n) is 20.1. The molecule has 1 aromatic carbocycles. The largest absolute Gasteiger partial charge is 0.374 e. The van der Waals surface area contributed by atoms with E-state index in [1.165, 1.54) is 0 Å². The molecule has 1 amide bonds. The highest BCUT2D eigenvalue weighted by atomic mass is 16.5. The number of guanidine groups is 1. The molecule has 7 nitrogen and oxygen atoms in total. The van der Waals surface area contributed by atoms with E-state index >= 15 is 0 Å². The molecule has 0 bridgehead atoms. The standard InChI is InChI=1S/C24H41N5O2/c1-7-25-23(27-15-21-17-29(11-12-31-21)16-18(2)3)26-14-19-9-8-10-20(13-19)22(30)28-24(4,5)6/h8-10,13,18,21H,7,11-12,14-17H2,1-6H3,(H,28,30)(H2,25,26,27). The van der Waals surface area contributed by atoms with E-state index < -0.39 is 0 Å². The Morgan fingerprint density at radius 3 is 2.74 bits per heavy atom. The molecule has 1 aliphatic rings. The van der Waals surface area contributed by atoms with Crippen LogP contribution in [0.3, 0.4) is 0 Å². The Kier molecular flexibility index (Phi) is 9.78. The summed E-state index contributed by atoms with van der Waals surface area (Å²) >= 11 is 0. The lowest BCUT2D eigenvalue weighted by Crippen LogP contribution is -2.50. The van der Waals surface area contributed by atoms with E-state index in [1.807, 2.05) is 45.0 Å². The van der Waals surface area contributed by atoms with E-state index in [4.69, 9.17) is 9.73 Å². The van der Waals surface area contributed by atoms with Gasteiger partial charge in [0, 0.05) is 43.8 Å². The molecule has 1 aromatic rings. The third-order valence-corrected chi connectivity index (χ3v) is 4.79. The number of carbonyl (C=O) groups excluding carboxylic acids is 1. The fourth-order valence-corrected chi connectivity index (χ4v) is 3.53. The molecule has 0 radical (unpaired) electrons. The molecule has 0 spiro atoms. The average Bonchev–Trinajstić information content (AvgIpc) is 2.69. The number of benzene rings is 1. The number of hydrogen-bond acceptors (Lipinski definition) is 4. The molecular formula is C24H41N5O2. The van der Waals surface area contributed by atoms with Crippen LogP contribution in [0.4, 0.5) is 0 Å². The van der Waals surface area contributed by atoms with Crippen LogP contribution in [0, 0.1) is 5.92 Å². The van der Waals surface area contributed by atoms with Gasteiger partial charge in [-0.1, -0.05) is 26.0 Å². The summed E-state index contributed by atoms with van der Waals surface area (Å²) in [6.45, 7) is 18.3. The summed E-state index contributed by atoms with van der Waals surface area (Å²) in [5, 5.41) is 9.71. The van der Waals surface area contributed by atoms with Crippen LogP contribution in [0.1, 0.15) is 57.5 Å². The maximum absolute atomic E-state index is 12.4. The van der Waals surface area contributed by atoms with Gasteiger partial charge in [0.25, 0.3) is 5.91 Å². The SMILES string of the molecule is CCNC(=NCc1cccc(C(=O)NC(C)(C)C)c1)NCC1CN(CC(C)C)CCO1. The molecule has 1 heterocycles. The van der Waals surface area contributed by atoms with E-state index in [-0.39, 0.29) is 17.6 Å². The van der Waals surface area contributed by atoms with Crippen LogP contribution < -0.4 is 16.0 Å². The number of nitrogens with zero attached hydrogens (tertiary/aromatic N) is 2. The van der Waals surface area contributed by atoms with Crippen LogP contribution in [0.25, 0.3) is 0 Å². The zero-order chi connectivity index (χ0) is 22.9. The van der Waals surface area contributed by atoms with Crippen molar-refractivity contribution in [3.05, 3.63) is 35.4 Å². The number of amides is 1. The van der Waals surface area contributed by atoms with Crippen LogP contribution in [0.2, 0.25) is 0 Å². The summed E-state index contributed by atoms with van der Waals surface area (Å²) in [6.07, 6.45) is 0.153. The van der Waals surface area contributed by atoms with Gasteiger partial charge >= 0.3 is 0 Å². The quantitative estimate of drug-likeness (QED) is 0.436. The van der Waals surface area contributed by atoms with Crippen molar-refractivity contribution in [3.8, 4) is 0 Å². The van der Waals surface area contributed by atoms with Gasteiger partial charge in [-0.3, -0.25) is 9.69 Å². The van der Waals surface area contributed by atoms with Gasteiger partial charge < -0.3 is 20.7 Å². The Hall–Kier alpha value is -2.12. The molecule has 0 aliphatic carbocycles. The Labute approximate surface area is 188 Å². The molecule has 174 valence electrons. The van der Waals surface area contributed by atoms with Crippen LogP contribution in [-0.4, -0.2) is 67.7 Å². The summed E-state index contributed by atoms with van der Waals surface area (Å²) in [4.78, 5) is 19.6. The number of carbonyl (C=O) groups is 1. The fourth-order valence-electron chi connectivity index (χ4n) is 3.53. The summed E-state index contributed by atoms with van der Waals surface area (Å²) in [5.74, 6) is 1.35. The van der Waals surface area contributed by atoms with Crippen molar-refractivity contribution in [2.75, 3.05) is 39.3 Å². The Morgan fingerprint density at radius 1 is 1.29 bits per heavy atom. The van der Waals surface area contributed by atoms with Crippen LogP contribution >= 0.6 is 0 Å². The lowest BCUT2D eigenvalue weighted by molar-refractivity contribution is -0.0284.